The number of ketones is 2. The van der Waals surface area contributed by atoms with E-state index in [0.717, 1.165) is 54.2 Å². The molecule has 0 aromatic heterocycles. The molecule has 0 heterocycles. The zero-order valence-corrected chi connectivity index (χ0v) is 15.3. The van der Waals surface area contributed by atoms with Crippen molar-refractivity contribution in [2.45, 2.75) is 46.0 Å². The van der Waals surface area contributed by atoms with Crippen LogP contribution >= 0.6 is 0 Å². The van der Waals surface area contributed by atoms with Crippen molar-refractivity contribution in [3.63, 3.8) is 0 Å². The molecule has 3 nitrogen and oxygen atoms in total. The molecule has 0 radical (unpaired) electrons. The number of hydrogen-bond donors (Lipinski definition) is 1. The van der Waals surface area contributed by atoms with Crippen LogP contribution in [0, 0.1) is 13.8 Å². The molecule has 0 amide bonds. The molecular weight excluding hydrogens is 324 g/mol. The molecular formula is C23H24O3. The average molecular weight is 348 g/mol. The van der Waals surface area contributed by atoms with Gasteiger partial charge in [0.05, 0.1) is 6.26 Å². The molecule has 2 aliphatic carbocycles. The molecule has 2 aromatic rings. The summed E-state index contributed by atoms with van der Waals surface area (Å²) in [4.78, 5) is 23.2. The van der Waals surface area contributed by atoms with Gasteiger partial charge in [0, 0.05) is 23.1 Å². The second-order valence-electron chi connectivity index (χ2n) is 7.08. The van der Waals surface area contributed by atoms with Crippen LogP contribution in [0.4, 0.5) is 0 Å². The van der Waals surface area contributed by atoms with E-state index < -0.39 is 0 Å². The molecule has 2 aromatic carbocycles. The number of carbonyl (C=O) groups excluding carboxylic acids is 2. The summed E-state index contributed by atoms with van der Waals surface area (Å²) in [6, 6.07) is 12.1. The number of Topliss-reactive ketones (excluding diaryl/α,β-unsaturated/α-hetero) is 2. The van der Waals surface area contributed by atoms with Crippen molar-refractivity contribution in [3.05, 3.63) is 81.6 Å². The first-order valence-corrected chi connectivity index (χ1v) is 9.10. The van der Waals surface area contributed by atoms with E-state index in [-0.39, 0.29) is 5.78 Å². The van der Waals surface area contributed by atoms with Gasteiger partial charge in [-0.3, -0.25) is 9.59 Å². The molecule has 0 fully saturated rings. The highest BCUT2D eigenvalue weighted by atomic mass is 16.2. The van der Waals surface area contributed by atoms with Gasteiger partial charge in [-0.15, -0.1) is 0 Å². The topological polar surface area (TPSA) is 54.4 Å². The van der Waals surface area contributed by atoms with Crippen molar-refractivity contribution in [1.82, 2.24) is 0 Å². The predicted molar refractivity (Wildman–Crippen MR) is 103 cm³/mol. The van der Waals surface area contributed by atoms with Crippen molar-refractivity contribution in [2.75, 3.05) is 0 Å². The Kier molecular flexibility index (Phi) is 5.36. The second kappa shape index (κ2) is 7.69. The van der Waals surface area contributed by atoms with Crippen LogP contribution in [0.5, 0.6) is 0 Å². The van der Waals surface area contributed by atoms with E-state index in [1.807, 2.05) is 38.1 Å². The summed E-state index contributed by atoms with van der Waals surface area (Å²) in [5.41, 5.74) is 6.81. The van der Waals surface area contributed by atoms with Crippen LogP contribution in [0.2, 0.25) is 0 Å². The third-order valence-corrected chi connectivity index (χ3v) is 5.04. The number of hydrogen-bond acceptors (Lipinski definition) is 3. The maximum absolute atomic E-state index is 11.8. The molecule has 0 aliphatic heterocycles. The average Bonchev–Trinajstić information content (AvgIpc) is 2.64. The van der Waals surface area contributed by atoms with E-state index in [1.54, 1.807) is 0 Å². The quantitative estimate of drug-likeness (QED) is 0.533. The van der Waals surface area contributed by atoms with E-state index in [4.69, 9.17) is 5.11 Å². The first-order valence-electron chi connectivity index (χ1n) is 9.10. The van der Waals surface area contributed by atoms with E-state index in [2.05, 4.69) is 12.1 Å². The lowest BCUT2D eigenvalue weighted by atomic mass is 9.86. The Morgan fingerprint density at radius 1 is 0.808 bits per heavy atom. The predicted octanol–water partition coefficient (Wildman–Crippen LogP) is 5.08. The summed E-state index contributed by atoms with van der Waals surface area (Å²) in [5, 5.41) is 8.87. The number of benzene rings is 2. The molecule has 1 N–H and O–H groups in total. The minimum atomic E-state index is -0.0301. The van der Waals surface area contributed by atoms with Crippen LogP contribution in [0.3, 0.4) is 0 Å². The maximum Gasteiger partial charge on any atom is 0.192 e. The number of aliphatic hydroxyl groups is 1. The summed E-state index contributed by atoms with van der Waals surface area (Å²) in [5.74, 6) is 0.289. The summed E-state index contributed by atoms with van der Waals surface area (Å²) in [6.07, 6.45) is 5.25. The van der Waals surface area contributed by atoms with Crippen molar-refractivity contribution in [1.29, 1.82) is 0 Å². The Hall–Kier alpha value is -2.68. The van der Waals surface area contributed by atoms with Crippen molar-refractivity contribution in [3.8, 4) is 0 Å². The lowest BCUT2D eigenvalue weighted by Crippen LogP contribution is -2.14. The van der Waals surface area contributed by atoms with Crippen LogP contribution in [0.1, 0.15) is 62.2 Å². The number of rotatable bonds is 0. The van der Waals surface area contributed by atoms with Gasteiger partial charge in [0.25, 0.3) is 0 Å². The Bertz CT molecular complexity index is 890. The van der Waals surface area contributed by atoms with Gasteiger partial charge >= 0.3 is 0 Å². The van der Waals surface area contributed by atoms with Crippen molar-refractivity contribution in [2.24, 2.45) is 0 Å². The van der Waals surface area contributed by atoms with Crippen LogP contribution in [-0.4, -0.2) is 16.7 Å². The molecule has 2 aliphatic rings. The van der Waals surface area contributed by atoms with Crippen LogP contribution in [-0.2, 0) is 12.8 Å². The summed E-state index contributed by atoms with van der Waals surface area (Å²) in [7, 11) is 0. The maximum atomic E-state index is 11.8. The standard InChI is InChI=1S/C12H12O2.C11H12O/c1-8-2-3-9-4-5-10(7-13)12(14)11(9)6-8;1-8-5-6-9-3-2-4-11(12)10(9)7-8/h2-3,6-7,13H,4-5H2,1H3;5-7H,2-4H2,1H3. The number of allylic oxidation sites excluding steroid dienone is 1. The molecule has 26 heavy (non-hydrogen) atoms. The van der Waals surface area contributed by atoms with Gasteiger partial charge in [-0.25, -0.2) is 0 Å². The minimum absolute atomic E-state index is 0.0301. The zero-order chi connectivity index (χ0) is 18.7. The first kappa shape index (κ1) is 18.1. The number of carbonyl (C=O) groups is 2. The van der Waals surface area contributed by atoms with Gasteiger partial charge in [-0.05, 0) is 62.8 Å². The van der Waals surface area contributed by atoms with Crippen molar-refractivity contribution < 1.29 is 14.7 Å². The number of aliphatic hydroxyl groups excluding tert-OH is 1. The van der Waals surface area contributed by atoms with E-state index >= 15 is 0 Å². The molecule has 0 bridgehead atoms. The van der Waals surface area contributed by atoms with Gasteiger partial charge in [0.1, 0.15) is 0 Å². The second-order valence-corrected chi connectivity index (χ2v) is 7.08. The highest BCUT2D eigenvalue weighted by Gasteiger charge is 2.21. The molecule has 0 spiro atoms. The molecule has 0 unspecified atom stereocenters. The largest absolute Gasteiger partial charge is 0.515 e. The third-order valence-electron chi connectivity index (χ3n) is 5.04. The first-order chi connectivity index (χ1) is 12.5. The fourth-order valence-corrected chi connectivity index (χ4v) is 3.54. The van der Waals surface area contributed by atoms with Crippen LogP contribution < -0.4 is 0 Å². The molecule has 0 saturated carbocycles. The lowest BCUT2D eigenvalue weighted by Gasteiger charge is -2.16. The SMILES string of the molecule is Cc1ccc2c(c1)C(=O)C(=CO)CC2.Cc1ccc2c(c1)C(=O)CCC2. The highest BCUT2D eigenvalue weighted by Crippen LogP contribution is 2.25. The van der Waals surface area contributed by atoms with E-state index in [9.17, 15) is 9.59 Å². The summed E-state index contributed by atoms with van der Waals surface area (Å²) >= 11 is 0. The fraction of sp³-hybridized carbons (Fsp3) is 0.304. The minimum Gasteiger partial charge on any atom is -0.515 e. The van der Waals surface area contributed by atoms with Gasteiger partial charge in [0.2, 0.25) is 0 Å². The monoisotopic (exact) mass is 348 g/mol. The Morgan fingerprint density at radius 2 is 1.42 bits per heavy atom. The van der Waals surface area contributed by atoms with Gasteiger partial charge in [-0.2, -0.15) is 0 Å². The Labute approximate surface area is 154 Å². The van der Waals surface area contributed by atoms with Gasteiger partial charge in [0.15, 0.2) is 11.6 Å². The third kappa shape index (κ3) is 3.77. The summed E-state index contributed by atoms with van der Waals surface area (Å²) in [6.45, 7) is 3.99. The molecule has 0 atom stereocenters. The Morgan fingerprint density at radius 3 is 2.08 bits per heavy atom. The number of fused-ring (bicyclic) bond motifs is 2. The van der Waals surface area contributed by atoms with E-state index in [1.165, 1.54) is 11.1 Å². The molecule has 134 valence electrons. The number of aryl methyl sites for hydroxylation is 4. The molecule has 0 saturated heterocycles. The molecule has 3 heteroatoms. The van der Waals surface area contributed by atoms with Gasteiger partial charge in [-0.1, -0.05) is 35.4 Å². The lowest BCUT2D eigenvalue weighted by molar-refractivity contribution is 0.0971. The smallest absolute Gasteiger partial charge is 0.192 e. The van der Waals surface area contributed by atoms with Crippen molar-refractivity contribution >= 4 is 11.6 Å². The van der Waals surface area contributed by atoms with E-state index in [0.29, 0.717) is 17.8 Å². The summed E-state index contributed by atoms with van der Waals surface area (Å²) < 4.78 is 0. The van der Waals surface area contributed by atoms with Crippen LogP contribution in [0.25, 0.3) is 0 Å². The normalized spacial score (nSPS) is 17.2. The van der Waals surface area contributed by atoms with Crippen LogP contribution in [0.15, 0.2) is 48.2 Å². The highest BCUT2D eigenvalue weighted by molar-refractivity contribution is 6.10. The van der Waals surface area contributed by atoms with Gasteiger partial charge < -0.3 is 5.11 Å². The fourth-order valence-electron chi connectivity index (χ4n) is 3.54. The Balaban J connectivity index is 0.000000152. The zero-order valence-electron chi connectivity index (χ0n) is 15.3. The molecule has 4 rings (SSSR count).